The third kappa shape index (κ3) is 2.64. The van der Waals surface area contributed by atoms with Crippen LogP contribution in [0.4, 0.5) is 0 Å². The minimum Gasteiger partial charge on any atom is -0.456 e. The van der Waals surface area contributed by atoms with Crippen molar-refractivity contribution in [3.63, 3.8) is 0 Å². The number of hydrogen-bond donors (Lipinski definition) is 0. The van der Waals surface area contributed by atoms with Crippen LogP contribution in [0.5, 0.6) is 5.75 Å². The number of aryl methyl sites for hydroxylation is 2. The fourth-order valence-electron chi connectivity index (χ4n) is 1.59. The van der Waals surface area contributed by atoms with Crippen molar-refractivity contribution in [3.8, 4) is 5.75 Å². The maximum absolute atomic E-state index is 6.18. The van der Waals surface area contributed by atoms with Crippen molar-refractivity contribution in [1.29, 1.82) is 0 Å². The van der Waals surface area contributed by atoms with Gasteiger partial charge in [0.1, 0.15) is 5.75 Å². The molecule has 0 amide bonds. The molecule has 0 aromatic heterocycles. The minimum atomic E-state index is -1.68. The maximum atomic E-state index is 6.18. The molecule has 0 saturated heterocycles. The van der Waals surface area contributed by atoms with Gasteiger partial charge in [-0.25, -0.2) is 0 Å². The maximum Gasteiger partial charge on any atom is 0.170 e. The van der Waals surface area contributed by atoms with Crippen LogP contribution in [-0.2, 0) is 11.8 Å². The van der Waals surface area contributed by atoms with E-state index >= 15 is 0 Å². The number of rotatable bonds is 4. The fourth-order valence-corrected chi connectivity index (χ4v) is 6.23. The molecule has 1 aliphatic rings. The molecule has 1 aromatic rings. The summed E-state index contributed by atoms with van der Waals surface area (Å²) in [6, 6.07) is 6.33. The Morgan fingerprint density at radius 2 is 2.06 bits per heavy atom. The molecule has 0 unspecified atom stereocenters. The number of hydrogen-bond acceptors (Lipinski definition) is 3. The van der Waals surface area contributed by atoms with Gasteiger partial charge in [-0.2, -0.15) is 0 Å². The Labute approximate surface area is 107 Å². The molecule has 4 heteroatoms. The summed E-state index contributed by atoms with van der Waals surface area (Å²) >= 11 is 7.48. The standard InChI is InChI=1S/C12H17OPS2/c1-9-4-5-10(2)12(8-9)13-14(15,16-3)11-6-7-11/h4-5,8,11H,6-7H2,1-3H3/t14-/m0/s1. The van der Waals surface area contributed by atoms with Crippen molar-refractivity contribution in [2.24, 2.45) is 0 Å². The molecule has 0 heterocycles. The summed E-state index contributed by atoms with van der Waals surface area (Å²) in [6.07, 6.45) is 4.59. The first-order valence-electron chi connectivity index (χ1n) is 5.47. The molecule has 0 radical (unpaired) electrons. The topological polar surface area (TPSA) is 9.23 Å². The van der Waals surface area contributed by atoms with Crippen LogP contribution in [0.3, 0.4) is 0 Å². The monoisotopic (exact) mass is 272 g/mol. The van der Waals surface area contributed by atoms with Crippen molar-refractivity contribution < 1.29 is 4.52 Å². The van der Waals surface area contributed by atoms with Crippen molar-refractivity contribution >= 4 is 28.7 Å². The molecule has 1 saturated carbocycles. The summed E-state index contributed by atoms with van der Waals surface area (Å²) in [5.74, 6) is 0.990. The van der Waals surface area contributed by atoms with Crippen LogP contribution < -0.4 is 4.52 Å². The summed E-state index contributed by atoms with van der Waals surface area (Å²) in [5.41, 5.74) is 1.40. The summed E-state index contributed by atoms with van der Waals surface area (Å²) < 4.78 is 6.18. The van der Waals surface area contributed by atoms with Crippen LogP contribution in [0.1, 0.15) is 24.0 Å². The van der Waals surface area contributed by atoms with E-state index in [0.717, 1.165) is 5.75 Å². The van der Waals surface area contributed by atoms with Crippen molar-refractivity contribution in [2.75, 3.05) is 6.26 Å². The molecule has 1 atom stereocenters. The lowest BCUT2D eigenvalue weighted by Crippen LogP contribution is -1.96. The predicted octanol–water partition coefficient (Wildman–Crippen LogP) is 4.52. The van der Waals surface area contributed by atoms with E-state index in [4.69, 9.17) is 16.3 Å². The van der Waals surface area contributed by atoms with Gasteiger partial charge in [0.25, 0.3) is 0 Å². The second-order valence-corrected chi connectivity index (χ2v) is 11.7. The molecule has 0 spiro atoms. The molecule has 1 nitrogen and oxygen atoms in total. The highest BCUT2D eigenvalue weighted by molar-refractivity contribution is 8.69. The fraction of sp³-hybridized carbons (Fsp3) is 0.500. The predicted molar refractivity (Wildman–Crippen MR) is 77.4 cm³/mol. The van der Waals surface area contributed by atoms with E-state index in [-0.39, 0.29) is 0 Å². The highest BCUT2D eigenvalue weighted by Gasteiger charge is 2.39. The Morgan fingerprint density at radius 3 is 2.62 bits per heavy atom. The highest BCUT2D eigenvalue weighted by Crippen LogP contribution is 2.69. The molecule has 0 bridgehead atoms. The molecule has 88 valence electrons. The average molecular weight is 272 g/mol. The smallest absolute Gasteiger partial charge is 0.170 e. The summed E-state index contributed by atoms with van der Waals surface area (Å²) in [7, 11) is 0. The Balaban J connectivity index is 2.25. The highest BCUT2D eigenvalue weighted by atomic mass is 32.9. The molecule has 1 aromatic carbocycles. The van der Waals surface area contributed by atoms with Crippen molar-refractivity contribution in [1.82, 2.24) is 0 Å². The van der Waals surface area contributed by atoms with Gasteiger partial charge in [0.2, 0.25) is 0 Å². The van der Waals surface area contributed by atoms with Crippen LogP contribution in [-0.4, -0.2) is 11.9 Å². The van der Waals surface area contributed by atoms with Crippen molar-refractivity contribution in [3.05, 3.63) is 29.3 Å². The zero-order valence-electron chi connectivity index (χ0n) is 9.90. The lowest BCUT2D eigenvalue weighted by Gasteiger charge is -2.22. The molecule has 2 rings (SSSR count). The van der Waals surface area contributed by atoms with Gasteiger partial charge in [-0.3, -0.25) is 0 Å². The van der Waals surface area contributed by atoms with E-state index < -0.39 is 5.47 Å². The normalized spacial score (nSPS) is 19.2. The van der Waals surface area contributed by atoms with Crippen molar-refractivity contribution in [2.45, 2.75) is 32.3 Å². The summed E-state index contributed by atoms with van der Waals surface area (Å²) in [5, 5.41) is 0. The Hall–Kier alpha value is 0.0200. The molecule has 1 aliphatic carbocycles. The van der Waals surface area contributed by atoms with Gasteiger partial charge in [0, 0.05) is 5.66 Å². The first-order chi connectivity index (χ1) is 7.55. The van der Waals surface area contributed by atoms with Gasteiger partial charge < -0.3 is 4.52 Å². The third-order valence-electron chi connectivity index (χ3n) is 2.82. The van der Waals surface area contributed by atoms with E-state index in [1.165, 1.54) is 24.0 Å². The van der Waals surface area contributed by atoms with E-state index in [2.05, 4.69) is 38.3 Å². The van der Waals surface area contributed by atoms with E-state index in [0.29, 0.717) is 5.66 Å². The Kier molecular flexibility index (Phi) is 3.68. The second kappa shape index (κ2) is 4.72. The SMILES string of the molecule is CS[P@](=S)(Oc1cc(C)ccc1C)C1CC1. The van der Waals surface area contributed by atoms with Crippen LogP contribution in [0.2, 0.25) is 0 Å². The molecule has 1 fully saturated rings. The third-order valence-corrected chi connectivity index (χ3v) is 10.3. The van der Waals surface area contributed by atoms with Gasteiger partial charge in [-0.15, -0.1) is 0 Å². The first-order valence-corrected chi connectivity index (χ1v) is 10.1. The van der Waals surface area contributed by atoms with Crippen LogP contribution in [0, 0.1) is 13.8 Å². The summed E-state index contributed by atoms with van der Waals surface area (Å²) in [4.78, 5) is 0. The van der Waals surface area contributed by atoms with E-state index in [1.54, 1.807) is 11.4 Å². The van der Waals surface area contributed by atoms with Crippen LogP contribution in [0.25, 0.3) is 0 Å². The Morgan fingerprint density at radius 1 is 1.38 bits per heavy atom. The second-order valence-electron chi connectivity index (χ2n) is 4.31. The lowest BCUT2D eigenvalue weighted by molar-refractivity contribution is 0.617. The van der Waals surface area contributed by atoms with Crippen LogP contribution >= 0.6 is 16.8 Å². The largest absolute Gasteiger partial charge is 0.456 e. The zero-order chi connectivity index (χ0) is 11.8. The summed E-state index contributed by atoms with van der Waals surface area (Å²) in [6.45, 7) is 4.17. The first kappa shape index (κ1) is 12.5. The van der Waals surface area contributed by atoms with Gasteiger partial charge in [-0.1, -0.05) is 23.5 Å². The number of benzene rings is 1. The van der Waals surface area contributed by atoms with Gasteiger partial charge >= 0.3 is 0 Å². The zero-order valence-corrected chi connectivity index (χ0v) is 12.4. The molecular weight excluding hydrogens is 255 g/mol. The van der Waals surface area contributed by atoms with Gasteiger partial charge in [0.15, 0.2) is 5.47 Å². The molecule has 0 N–H and O–H groups in total. The minimum absolute atomic E-state index is 0.650. The quantitative estimate of drug-likeness (QED) is 0.746. The van der Waals surface area contributed by atoms with Crippen LogP contribution in [0.15, 0.2) is 18.2 Å². The van der Waals surface area contributed by atoms with E-state index in [1.807, 2.05) is 0 Å². The lowest BCUT2D eigenvalue weighted by atomic mass is 10.1. The van der Waals surface area contributed by atoms with E-state index in [9.17, 15) is 0 Å². The molecular formula is C12H17OPS2. The molecule has 16 heavy (non-hydrogen) atoms. The Bertz CT molecular complexity index is 441. The van der Waals surface area contributed by atoms with Gasteiger partial charge in [-0.05, 0) is 61.9 Å². The molecule has 0 aliphatic heterocycles. The van der Waals surface area contributed by atoms with Gasteiger partial charge in [0.05, 0.1) is 0 Å². The average Bonchev–Trinajstić information content (AvgIpc) is 3.07.